The van der Waals surface area contributed by atoms with Gasteiger partial charge in [-0.3, -0.25) is 0 Å². The van der Waals surface area contributed by atoms with E-state index in [4.69, 9.17) is 0 Å². The van der Waals surface area contributed by atoms with Crippen LogP contribution in [0.4, 0.5) is 0 Å². The van der Waals surface area contributed by atoms with Crippen molar-refractivity contribution in [2.75, 3.05) is 0 Å². The van der Waals surface area contributed by atoms with Crippen LogP contribution >= 0.6 is 0 Å². The maximum Gasteiger partial charge on any atom is 0.0546 e. The maximum absolute atomic E-state index is 10.3. The highest BCUT2D eigenvalue weighted by atomic mass is 16.3. The summed E-state index contributed by atoms with van der Waals surface area (Å²) in [6.45, 7) is 7.81. The van der Waals surface area contributed by atoms with Crippen LogP contribution in [0.5, 0.6) is 0 Å². The van der Waals surface area contributed by atoms with Crippen molar-refractivity contribution < 1.29 is 5.11 Å². The largest absolute Gasteiger partial charge is 0.393 e. The SMILES string of the molecule is C[C@H]1CC[C@@H]2C3C[C@H]4C[C@@]45C[C@@H](O)CC[C@]5(C)C3CC[C@@]21C. The fraction of sp³-hybridized carbons (Fsp3) is 1.00. The lowest BCUT2D eigenvalue weighted by atomic mass is 9.44. The molecule has 5 aliphatic rings. The summed E-state index contributed by atoms with van der Waals surface area (Å²) in [6, 6.07) is 0. The van der Waals surface area contributed by atoms with Crippen LogP contribution in [0, 0.1) is 45.8 Å². The average molecular weight is 303 g/mol. The van der Waals surface area contributed by atoms with E-state index < -0.39 is 0 Å². The van der Waals surface area contributed by atoms with Crippen molar-refractivity contribution in [3.05, 3.63) is 0 Å². The number of hydrogen-bond acceptors (Lipinski definition) is 1. The first kappa shape index (κ1) is 14.3. The molecule has 1 heteroatoms. The zero-order valence-electron chi connectivity index (χ0n) is 14.8. The molecule has 5 fully saturated rings. The van der Waals surface area contributed by atoms with Gasteiger partial charge in [0, 0.05) is 0 Å². The Labute approximate surface area is 136 Å². The van der Waals surface area contributed by atoms with Gasteiger partial charge >= 0.3 is 0 Å². The summed E-state index contributed by atoms with van der Waals surface area (Å²) in [5.74, 6) is 4.92. The lowest BCUT2D eigenvalue weighted by Gasteiger charge is -2.61. The Kier molecular flexibility index (Phi) is 2.69. The molecule has 1 nitrogen and oxygen atoms in total. The second-order valence-electron chi connectivity index (χ2n) is 10.5. The summed E-state index contributed by atoms with van der Waals surface area (Å²) in [4.78, 5) is 0. The molecule has 0 aromatic carbocycles. The number of aliphatic hydroxyl groups is 1. The predicted octanol–water partition coefficient (Wildman–Crippen LogP) is 5.03. The molecule has 124 valence electrons. The highest BCUT2D eigenvalue weighted by molar-refractivity contribution is 5.22. The van der Waals surface area contributed by atoms with Crippen molar-refractivity contribution in [1.82, 2.24) is 0 Å². The highest BCUT2D eigenvalue weighted by Gasteiger charge is 2.73. The van der Waals surface area contributed by atoms with Crippen molar-refractivity contribution in [2.24, 2.45) is 45.8 Å². The van der Waals surface area contributed by atoms with Crippen LogP contribution in [0.25, 0.3) is 0 Å². The van der Waals surface area contributed by atoms with Crippen LogP contribution in [0.1, 0.15) is 78.6 Å². The summed E-state index contributed by atoms with van der Waals surface area (Å²) in [7, 11) is 0. The van der Waals surface area contributed by atoms with Gasteiger partial charge in [0.2, 0.25) is 0 Å². The number of rotatable bonds is 0. The minimum Gasteiger partial charge on any atom is -0.393 e. The van der Waals surface area contributed by atoms with Gasteiger partial charge in [0.1, 0.15) is 0 Å². The first-order valence-electron chi connectivity index (χ1n) is 10.1. The average Bonchev–Trinajstić information content (AvgIpc) is 3.08. The van der Waals surface area contributed by atoms with Crippen LogP contribution < -0.4 is 0 Å². The zero-order valence-corrected chi connectivity index (χ0v) is 14.8. The first-order chi connectivity index (χ1) is 10.4. The molecule has 0 bridgehead atoms. The molecule has 2 unspecified atom stereocenters. The molecule has 5 rings (SSSR count). The van der Waals surface area contributed by atoms with Gasteiger partial charge in [-0.05, 0) is 104 Å². The van der Waals surface area contributed by atoms with E-state index in [1.54, 1.807) is 0 Å². The van der Waals surface area contributed by atoms with Crippen LogP contribution in [0.3, 0.4) is 0 Å². The van der Waals surface area contributed by atoms with Crippen LogP contribution in [0.2, 0.25) is 0 Å². The van der Waals surface area contributed by atoms with Crippen LogP contribution in [0.15, 0.2) is 0 Å². The van der Waals surface area contributed by atoms with Gasteiger partial charge < -0.3 is 5.11 Å². The van der Waals surface area contributed by atoms with E-state index in [0.717, 1.165) is 42.4 Å². The molecule has 22 heavy (non-hydrogen) atoms. The minimum atomic E-state index is 0.00924. The van der Waals surface area contributed by atoms with Crippen molar-refractivity contribution in [2.45, 2.75) is 84.7 Å². The molecule has 0 amide bonds. The molecule has 0 aromatic rings. The van der Waals surface area contributed by atoms with E-state index in [1.165, 1.54) is 44.9 Å². The van der Waals surface area contributed by atoms with Gasteiger partial charge in [-0.15, -0.1) is 0 Å². The molecular formula is C21H34O. The Morgan fingerprint density at radius 2 is 1.73 bits per heavy atom. The number of aliphatic hydroxyl groups excluding tert-OH is 1. The molecule has 0 saturated heterocycles. The van der Waals surface area contributed by atoms with Crippen molar-refractivity contribution in [1.29, 1.82) is 0 Å². The molecule has 9 atom stereocenters. The molecule has 0 aliphatic heterocycles. The smallest absolute Gasteiger partial charge is 0.0546 e. The Morgan fingerprint density at radius 1 is 0.909 bits per heavy atom. The van der Waals surface area contributed by atoms with Gasteiger partial charge in [-0.1, -0.05) is 20.8 Å². The molecule has 5 saturated carbocycles. The first-order valence-corrected chi connectivity index (χ1v) is 10.1. The van der Waals surface area contributed by atoms with E-state index in [0.29, 0.717) is 16.2 Å². The topological polar surface area (TPSA) is 20.2 Å². The van der Waals surface area contributed by atoms with Crippen molar-refractivity contribution in [3.8, 4) is 0 Å². The Bertz CT molecular complexity index is 500. The molecule has 0 heterocycles. The van der Waals surface area contributed by atoms with E-state index in [9.17, 15) is 5.11 Å². The number of hydrogen-bond donors (Lipinski definition) is 1. The monoisotopic (exact) mass is 302 g/mol. The van der Waals surface area contributed by atoms with Gasteiger partial charge in [-0.25, -0.2) is 0 Å². The molecule has 1 spiro atoms. The van der Waals surface area contributed by atoms with E-state index in [-0.39, 0.29) is 6.10 Å². The van der Waals surface area contributed by atoms with Gasteiger partial charge in [0.05, 0.1) is 6.10 Å². The third-order valence-electron chi connectivity index (χ3n) is 10.3. The minimum absolute atomic E-state index is 0.00924. The van der Waals surface area contributed by atoms with Crippen LogP contribution in [-0.2, 0) is 0 Å². The molecule has 1 N–H and O–H groups in total. The van der Waals surface area contributed by atoms with E-state index in [1.807, 2.05) is 0 Å². The van der Waals surface area contributed by atoms with Crippen molar-refractivity contribution in [3.63, 3.8) is 0 Å². The third-order valence-corrected chi connectivity index (χ3v) is 10.3. The second-order valence-corrected chi connectivity index (χ2v) is 10.5. The van der Waals surface area contributed by atoms with Gasteiger partial charge in [0.15, 0.2) is 0 Å². The lowest BCUT2D eigenvalue weighted by molar-refractivity contribution is -0.134. The normalized spacial score (nSPS) is 66.0. The highest BCUT2D eigenvalue weighted by Crippen LogP contribution is 2.80. The van der Waals surface area contributed by atoms with Crippen molar-refractivity contribution >= 4 is 0 Å². The molecule has 5 aliphatic carbocycles. The fourth-order valence-corrected chi connectivity index (χ4v) is 8.66. The van der Waals surface area contributed by atoms with Crippen LogP contribution in [-0.4, -0.2) is 11.2 Å². The van der Waals surface area contributed by atoms with Gasteiger partial charge in [0.25, 0.3) is 0 Å². The summed E-state index contributed by atoms with van der Waals surface area (Å²) < 4.78 is 0. The van der Waals surface area contributed by atoms with E-state index in [2.05, 4.69) is 20.8 Å². The lowest BCUT2D eigenvalue weighted by Crippen LogP contribution is -2.54. The quantitative estimate of drug-likeness (QED) is 0.665. The summed E-state index contributed by atoms with van der Waals surface area (Å²) in [5, 5.41) is 10.3. The van der Waals surface area contributed by atoms with Gasteiger partial charge in [-0.2, -0.15) is 0 Å². The summed E-state index contributed by atoms with van der Waals surface area (Å²) in [5.41, 5.74) is 1.78. The zero-order chi connectivity index (χ0) is 15.3. The van der Waals surface area contributed by atoms with E-state index >= 15 is 0 Å². The Morgan fingerprint density at radius 3 is 2.55 bits per heavy atom. The fourth-order valence-electron chi connectivity index (χ4n) is 8.66. The molecular weight excluding hydrogens is 268 g/mol. The molecule has 0 aromatic heterocycles. The second kappa shape index (κ2) is 4.13. The summed E-state index contributed by atoms with van der Waals surface area (Å²) >= 11 is 0. The third kappa shape index (κ3) is 1.47. The summed E-state index contributed by atoms with van der Waals surface area (Å²) in [6.07, 6.45) is 12.5. The molecule has 0 radical (unpaired) electrons. The maximum atomic E-state index is 10.3. The predicted molar refractivity (Wildman–Crippen MR) is 89.3 cm³/mol. The standard InChI is InChI=1S/C21H34O/c1-13-4-5-17-16-10-14-11-21(14)12-15(22)6-9-20(21,3)18(16)7-8-19(13,17)2/h13-18,22H,4-12H2,1-3H3/t13-,14-,15-,16?,17+,18?,19+,20+,21+/m0/s1. The number of fused-ring (bicyclic) bond motifs is 4. The Hall–Kier alpha value is -0.0400. The Balaban J connectivity index is 1.51.